The third-order valence-electron chi connectivity index (χ3n) is 4.62. The van der Waals surface area contributed by atoms with Crippen molar-refractivity contribution in [1.29, 1.82) is 0 Å². The summed E-state index contributed by atoms with van der Waals surface area (Å²) in [7, 11) is -1.86. The first-order valence-corrected chi connectivity index (χ1v) is 12.9. The number of halogens is 4. The number of hydrogen-bond acceptors (Lipinski definition) is 6. The van der Waals surface area contributed by atoms with Crippen molar-refractivity contribution >= 4 is 27.7 Å². The first-order chi connectivity index (χ1) is 16.6. The van der Waals surface area contributed by atoms with Crippen LogP contribution in [0.3, 0.4) is 0 Å². The number of nitrogens with one attached hydrogen (secondary N) is 1. The van der Waals surface area contributed by atoms with Crippen molar-refractivity contribution in [2.45, 2.75) is 32.4 Å². The van der Waals surface area contributed by atoms with Gasteiger partial charge in [0.05, 0.1) is 17.9 Å². The summed E-state index contributed by atoms with van der Waals surface area (Å²) < 4.78 is 81.5. The van der Waals surface area contributed by atoms with Crippen LogP contribution in [0.25, 0.3) is 6.08 Å². The molecule has 1 heterocycles. The molecule has 0 radical (unpaired) electrons. The number of methoxy groups -OCH3 is 1. The van der Waals surface area contributed by atoms with E-state index in [-0.39, 0.29) is 35.6 Å². The normalized spacial score (nSPS) is 12.3. The molecule has 0 aliphatic heterocycles. The molecule has 0 unspecified atom stereocenters. The first-order valence-electron chi connectivity index (χ1n) is 10.9. The maximum Gasteiger partial charge on any atom is 0.417 e. The lowest BCUT2D eigenvalue weighted by Gasteiger charge is -2.13. The molecule has 194 valence electrons. The fourth-order valence-corrected chi connectivity index (χ4v) is 4.09. The highest BCUT2D eigenvalue weighted by molar-refractivity contribution is 7.89. The fourth-order valence-electron chi connectivity index (χ4n) is 2.81. The topological polar surface area (TPSA) is 86.8 Å². The number of nitrogens with zero attached hydrogens (tertiary/aromatic N) is 1. The van der Waals surface area contributed by atoms with Crippen LogP contribution in [0, 0.1) is 0 Å². The van der Waals surface area contributed by atoms with Crippen molar-refractivity contribution in [3.63, 3.8) is 0 Å². The molecule has 0 atom stereocenters. The Morgan fingerprint density at radius 3 is 2.60 bits per heavy atom. The monoisotopic (exact) mass is 536 g/mol. The Morgan fingerprint density at radius 2 is 1.94 bits per heavy atom. The average molecular weight is 537 g/mol. The minimum atomic E-state index is -4.60. The summed E-state index contributed by atoms with van der Waals surface area (Å²) in [5.41, 5.74) is -0.495. The van der Waals surface area contributed by atoms with Gasteiger partial charge >= 0.3 is 6.18 Å². The van der Waals surface area contributed by atoms with Gasteiger partial charge in [-0.25, -0.2) is 18.1 Å². The van der Waals surface area contributed by atoms with Crippen LogP contribution < -0.4 is 14.2 Å². The minimum Gasteiger partial charge on any atom is -0.491 e. The SMILES string of the molecule is CCCCCS(=O)(=O)NCC=Cc1ccc(OCCOC)cc1Oc1ncc(C(F)(F)F)cc1Cl. The maximum absolute atomic E-state index is 12.9. The van der Waals surface area contributed by atoms with Crippen LogP contribution in [0.4, 0.5) is 13.2 Å². The molecule has 0 aliphatic rings. The van der Waals surface area contributed by atoms with Crippen LogP contribution in [0.2, 0.25) is 5.02 Å². The molecule has 7 nitrogen and oxygen atoms in total. The van der Waals surface area contributed by atoms with Gasteiger partial charge in [0.2, 0.25) is 15.9 Å². The summed E-state index contributed by atoms with van der Waals surface area (Å²) in [5.74, 6) is 0.458. The summed E-state index contributed by atoms with van der Waals surface area (Å²) in [6.45, 7) is 2.66. The van der Waals surface area contributed by atoms with Crippen molar-refractivity contribution in [2.75, 3.05) is 32.6 Å². The molecule has 12 heteroatoms. The van der Waals surface area contributed by atoms with Crippen LogP contribution in [-0.2, 0) is 20.9 Å². The molecule has 0 spiro atoms. The molecule has 0 amide bonds. The Morgan fingerprint density at radius 1 is 1.17 bits per heavy atom. The number of ether oxygens (including phenoxy) is 3. The summed E-state index contributed by atoms with van der Waals surface area (Å²) in [6, 6.07) is 5.58. The highest BCUT2D eigenvalue weighted by Gasteiger charge is 2.32. The van der Waals surface area contributed by atoms with E-state index < -0.39 is 21.8 Å². The summed E-state index contributed by atoms with van der Waals surface area (Å²) in [6.07, 6.45) is 1.57. The lowest BCUT2D eigenvalue weighted by Crippen LogP contribution is -2.26. The lowest BCUT2D eigenvalue weighted by atomic mass is 10.1. The largest absolute Gasteiger partial charge is 0.491 e. The smallest absolute Gasteiger partial charge is 0.417 e. The quantitative estimate of drug-likeness (QED) is 0.312. The van der Waals surface area contributed by atoms with Gasteiger partial charge in [0.25, 0.3) is 0 Å². The van der Waals surface area contributed by atoms with E-state index in [2.05, 4.69) is 9.71 Å². The zero-order valence-corrected chi connectivity index (χ0v) is 21.0. The van der Waals surface area contributed by atoms with Crippen molar-refractivity contribution in [2.24, 2.45) is 0 Å². The van der Waals surface area contributed by atoms with Gasteiger partial charge in [-0.1, -0.05) is 43.5 Å². The molecule has 1 N–H and O–H groups in total. The molecule has 0 fully saturated rings. The number of alkyl halides is 3. The van der Waals surface area contributed by atoms with Gasteiger partial charge in [-0.05, 0) is 24.6 Å². The molecule has 35 heavy (non-hydrogen) atoms. The molecular formula is C23H28ClF3N2O5S. The number of rotatable bonds is 14. The Balaban J connectivity index is 2.21. The Kier molecular flexibility index (Phi) is 11.3. The zero-order valence-electron chi connectivity index (χ0n) is 19.4. The molecule has 0 saturated heterocycles. The molecule has 1 aromatic carbocycles. The second kappa shape index (κ2) is 13.7. The molecular weight excluding hydrogens is 509 g/mol. The summed E-state index contributed by atoms with van der Waals surface area (Å²) in [4.78, 5) is 3.70. The maximum atomic E-state index is 12.9. The van der Waals surface area contributed by atoms with Gasteiger partial charge in [-0.15, -0.1) is 0 Å². The van der Waals surface area contributed by atoms with Gasteiger partial charge in [0, 0.05) is 31.5 Å². The summed E-state index contributed by atoms with van der Waals surface area (Å²) in [5, 5.41) is -0.319. The summed E-state index contributed by atoms with van der Waals surface area (Å²) >= 11 is 5.98. The Labute approximate surface area is 208 Å². The number of aromatic nitrogens is 1. The number of pyridine rings is 1. The third-order valence-corrected chi connectivity index (χ3v) is 6.32. The van der Waals surface area contributed by atoms with E-state index in [1.54, 1.807) is 24.3 Å². The van der Waals surface area contributed by atoms with Crippen LogP contribution in [-0.4, -0.2) is 46.0 Å². The third kappa shape index (κ3) is 10.0. The van der Waals surface area contributed by atoms with Gasteiger partial charge < -0.3 is 14.2 Å². The molecule has 1 aromatic heterocycles. The zero-order chi connectivity index (χ0) is 25.9. The Hall–Kier alpha value is -2.34. The van der Waals surface area contributed by atoms with Crippen molar-refractivity contribution in [3.05, 3.63) is 52.7 Å². The van der Waals surface area contributed by atoms with Gasteiger partial charge in [0.1, 0.15) is 23.1 Å². The van der Waals surface area contributed by atoms with Gasteiger partial charge in [-0.2, -0.15) is 13.2 Å². The van der Waals surface area contributed by atoms with E-state index in [0.29, 0.717) is 30.5 Å². The van der Waals surface area contributed by atoms with Crippen molar-refractivity contribution < 1.29 is 35.8 Å². The number of benzene rings is 1. The van der Waals surface area contributed by atoms with Crippen LogP contribution in [0.5, 0.6) is 17.4 Å². The minimum absolute atomic E-state index is 0.0502. The predicted molar refractivity (Wildman–Crippen MR) is 128 cm³/mol. The van der Waals surface area contributed by atoms with E-state index in [0.717, 1.165) is 18.9 Å². The van der Waals surface area contributed by atoms with E-state index in [9.17, 15) is 21.6 Å². The number of sulfonamides is 1. The molecule has 0 bridgehead atoms. The number of hydrogen-bond donors (Lipinski definition) is 1. The van der Waals surface area contributed by atoms with Crippen LogP contribution >= 0.6 is 11.6 Å². The van der Waals surface area contributed by atoms with E-state index in [4.69, 9.17) is 25.8 Å². The Bertz CT molecular complexity index is 1100. The molecule has 2 rings (SSSR count). The molecule has 0 aliphatic carbocycles. The lowest BCUT2D eigenvalue weighted by molar-refractivity contribution is -0.137. The highest BCUT2D eigenvalue weighted by Crippen LogP contribution is 2.36. The van der Waals surface area contributed by atoms with Gasteiger partial charge in [-0.3, -0.25) is 0 Å². The van der Waals surface area contributed by atoms with Crippen molar-refractivity contribution in [3.8, 4) is 17.4 Å². The highest BCUT2D eigenvalue weighted by atomic mass is 35.5. The first kappa shape index (κ1) is 28.9. The van der Waals surface area contributed by atoms with E-state index >= 15 is 0 Å². The number of unbranched alkanes of at least 4 members (excludes halogenated alkanes) is 2. The van der Waals surface area contributed by atoms with Gasteiger partial charge in [0.15, 0.2) is 0 Å². The standard InChI is InChI=1S/C23H28ClF3N2O5S/c1-3-4-5-13-35(30,31)29-10-6-7-17-8-9-19(33-12-11-32-2)15-21(17)34-22-20(24)14-18(16-28-22)23(25,26)27/h6-9,14-16,29H,3-5,10-13H2,1-2H3. The van der Waals surface area contributed by atoms with E-state index in [1.807, 2.05) is 6.92 Å². The van der Waals surface area contributed by atoms with Crippen LogP contribution in [0.15, 0.2) is 36.5 Å². The van der Waals surface area contributed by atoms with E-state index in [1.165, 1.54) is 13.2 Å². The second-order valence-corrected chi connectivity index (χ2v) is 9.76. The molecule has 0 saturated carbocycles. The second-order valence-electron chi connectivity index (χ2n) is 7.43. The predicted octanol–water partition coefficient (Wildman–Crippen LogP) is 5.69. The van der Waals surface area contributed by atoms with Crippen LogP contribution in [0.1, 0.15) is 37.3 Å². The average Bonchev–Trinajstić information content (AvgIpc) is 2.78. The van der Waals surface area contributed by atoms with Crippen molar-refractivity contribution in [1.82, 2.24) is 9.71 Å². The fraction of sp³-hybridized carbons (Fsp3) is 0.435. The molecule has 2 aromatic rings.